The number of carbonyl (C=O) groups excluding carboxylic acids is 1. The second kappa shape index (κ2) is 9.52. The molecule has 0 aliphatic carbocycles. The summed E-state index contributed by atoms with van der Waals surface area (Å²) in [6, 6.07) is 6.16. The first-order valence-electron chi connectivity index (χ1n) is 8.40. The number of rotatable bonds is 6. The van der Waals surface area contributed by atoms with Crippen LogP contribution in [0.5, 0.6) is 0 Å². The molecular formula is C17H28ClN3O3S. The molecule has 1 aliphatic heterocycles. The van der Waals surface area contributed by atoms with Gasteiger partial charge in [-0.2, -0.15) is 0 Å². The van der Waals surface area contributed by atoms with E-state index in [9.17, 15) is 13.2 Å². The third kappa shape index (κ3) is 5.95. The highest BCUT2D eigenvalue weighted by atomic mass is 35.5. The summed E-state index contributed by atoms with van der Waals surface area (Å²) in [6.45, 7) is 5.05. The molecule has 2 rings (SSSR count). The van der Waals surface area contributed by atoms with Crippen molar-refractivity contribution in [1.82, 2.24) is 14.5 Å². The van der Waals surface area contributed by atoms with Crippen molar-refractivity contribution in [3.63, 3.8) is 0 Å². The molecule has 1 aliphatic rings. The van der Waals surface area contributed by atoms with Crippen LogP contribution in [0.25, 0.3) is 0 Å². The SMILES string of the molecule is CCCN1CCC(NS(=O)(=O)c2cccc(C(=O)N(C)C)c2)CC1.Cl. The highest BCUT2D eigenvalue weighted by Gasteiger charge is 2.25. The summed E-state index contributed by atoms with van der Waals surface area (Å²) in [6.07, 6.45) is 2.74. The Morgan fingerprint density at radius 3 is 2.48 bits per heavy atom. The molecule has 0 aromatic heterocycles. The Hall–Kier alpha value is -1.15. The first kappa shape index (κ1) is 21.9. The molecular weight excluding hydrogens is 362 g/mol. The third-order valence-electron chi connectivity index (χ3n) is 4.25. The topological polar surface area (TPSA) is 69.7 Å². The lowest BCUT2D eigenvalue weighted by Crippen LogP contribution is -2.44. The van der Waals surface area contributed by atoms with Gasteiger partial charge in [-0.05, 0) is 57.1 Å². The van der Waals surface area contributed by atoms with Gasteiger partial charge in [0.25, 0.3) is 5.91 Å². The van der Waals surface area contributed by atoms with Crippen LogP contribution in [0.15, 0.2) is 29.2 Å². The van der Waals surface area contributed by atoms with Crippen LogP contribution in [0.4, 0.5) is 0 Å². The molecule has 1 heterocycles. The number of nitrogens with zero attached hydrogens (tertiary/aromatic N) is 2. The molecule has 25 heavy (non-hydrogen) atoms. The Morgan fingerprint density at radius 1 is 1.28 bits per heavy atom. The van der Waals surface area contributed by atoms with Crippen molar-refractivity contribution in [2.45, 2.75) is 37.1 Å². The highest BCUT2D eigenvalue weighted by Crippen LogP contribution is 2.17. The first-order chi connectivity index (χ1) is 11.3. The van der Waals surface area contributed by atoms with E-state index >= 15 is 0 Å². The van der Waals surface area contributed by atoms with E-state index < -0.39 is 10.0 Å². The summed E-state index contributed by atoms with van der Waals surface area (Å²) in [7, 11) is -0.321. The molecule has 0 unspecified atom stereocenters. The molecule has 1 amide bonds. The maximum absolute atomic E-state index is 12.6. The Kier molecular flexibility index (Phi) is 8.34. The van der Waals surface area contributed by atoms with Gasteiger partial charge < -0.3 is 9.80 Å². The van der Waals surface area contributed by atoms with Crippen LogP contribution in [0.3, 0.4) is 0 Å². The number of nitrogens with one attached hydrogen (secondary N) is 1. The van der Waals surface area contributed by atoms with Crippen LogP contribution in [-0.4, -0.2) is 63.9 Å². The zero-order valence-corrected chi connectivity index (χ0v) is 16.7. The number of likely N-dealkylation sites (tertiary alicyclic amines) is 1. The molecule has 0 saturated carbocycles. The van der Waals surface area contributed by atoms with Gasteiger partial charge in [-0.25, -0.2) is 13.1 Å². The molecule has 1 saturated heterocycles. The standard InChI is InChI=1S/C17H27N3O3S.ClH/c1-4-10-20-11-8-15(9-12-20)18-24(22,23)16-7-5-6-14(13-16)17(21)19(2)3;/h5-7,13,15,18H,4,8-12H2,1-3H3;1H. The summed E-state index contributed by atoms with van der Waals surface area (Å²) in [5.74, 6) is -0.208. The Balaban J connectivity index is 0.00000312. The predicted octanol–water partition coefficient (Wildman–Crippen LogP) is 1.96. The molecule has 0 spiro atoms. The van der Waals surface area contributed by atoms with E-state index in [2.05, 4.69) is 16.5 Å². The third-order valence-corrected chi connectivity index (χ3v) is 5.76. The molecule has 1 aromatic carbocycles. The van der Waals surface area contributed by atoms with Gasteiger partial charge in [0.05, 0.1) is 4.90 Å². The minimum Gasteiger partial charge on any atom is -0.345 e. The molecule has 142 valence electrons. The summed E-state index contributed by atoms with van der Waals surface area (Å²) in [5.41, 5.74) is 0.376. The quantitative estimate of drug-likeness (QED) is 0.807. The van der Waals surface area contributed by atoms with Gasteiger partial charge in [-0.15, -0.1) is 12.4 Å². The normalized spacial score (nSPS) is 16.3. The predicted molar refractivity (Wildman–Crippen MR) is 102 cm³/mol. The summed E-state index contributed by atoms with van der Waals surface area (Å²) >= 11 is 0. The number of halogens is 1. The van der Waals surface area contributed by atoms with Crippen LogP contribution in [0.1, 0.15) is 36.5 Å². The number of benzene rings is 1. The molecule has 8 heteroatoms. The lowest BCUT2D eigenvalue weighted by Gasteiger charge is -2.31. The number of sulfonamides is 1. The maximum atomic E-state index is 12.6. The van der Waals surface area contributed by atoms with Crippen molar-refractivity contribution in [2.24, 2.45) is 0 Å². The Labute approximate surface area is 157 Å². The number of piperidine rings is 1. The van der Waals surface area contributed by atoms with Gasteiger partial charge in [0.15, 0.2) is 0 Å². The molecule has 1 N–H and O–H groups in total. The van der Waals surface area contributed by atoms with Crippen LogP contribution in [0.2, 0.25) is 0 Å². The minimum absolute atomic E-state index is 0. The Morgan fingerprint density at radius 2 is 1.92 bits per heavy atom. The van der Waals surface area contributed by atoms with Crippen molar-refractivity contribution in [1.29, 1.82) is 0 Å². The fourth-order valence-corrected chi connectivity index (χ4v) is 4.28. The lowest BCUT2D eigenvalue weighted by atomic mass is 10.1. The maximum Gasteiger partial charge on any atom is 0.253 e. The summed E-state index contributed by atoms with van der Waals surface area (Å²) < 4.78 is 28.0. The number of carbonyl (C=O) groups is 1. The molecule has 0 bridgehead atoms. The number of hydrogen-bond acceptors (Lipinski definition) is 4. The summed E-state index contributed by atoms with van der Waals surface area (Å²) in [5, 5.41) is 0. The van der Waals surface area contributed by atoms with E-state index in [1.165, 1.54) is 17.0 Å². The average molecular weight is 390 g/mol. The van der Waals surface area contributed by atoms with Crippen LogP contribution in [0, 0.1) is 0 Å². The fraction of sp³-hybridized carbons (Fsp3) is 0.588. The van der Waals surface area contributed by atoms with Crippen molar-refractivity contribution >= 4 is 28.3 Å². The molecule has 0 atom stereocenters. The monoisotopic (exact) mass is 389 g/mol. The fourth-order valence-electron chi connectivity index (χ4n) is 2.93. The number of hydrogen-bond donors (Lipinski definition) is 1. The van der Waals surface area contributed by atoms with E-state index in [1.54, 1.807) is 26.2 Å². The van der Waals surface area contributed by atoms with Gasteiger partial charge in [0, 0.05) is 25.7 Å². The molecule has 1 fully saturated rings. The lowest BCUT2D eigenvalue weighted by molar-refractivity contribution is 0.0827. The Bertz CT molecular complexity index is 671. The molecule has 6 nitrogen and oxygen atoms in total. The van der Waals surface area contributed by atoms with E-state index in [0.717, 1.165) is 38.9 Å². The van der Waals surface area contributed by atoms with Crippen molar-refractivity contribution in [3.05, 3.63) is 29.8 Å². The molecule has 0 radical (unpaired) electrons. The molecule has 1 aromatic rings. The largest absolute Gasteiger partial charge is 0.345 e. The first-order valence-corrected chi connectivity index (χ1v) is 9.88. The highest BCUT2D eigenvalue weighted by molar-refractivity contribution is 7.89. The van der Waals surface area contributed by atoms with Gasteiger partial charge >= 0.3 is 0 Å². The van der Waals surface area contributed by atoms with Crippen LogP contribution < -0.4 is 4.72 Å². The van der Waals surface area contributed by atoms with Gasteiger partial charge in [0.2, 0.25) is 10.0 Å². The second-order valence-corrected chi connectivity index (χ2v) is 8.18. The van der Waals surface area contributed by atoms with Crippen molar-refractivity contribution in [2.75, 3.05) is 33.7 Å². The average Bonchev–Trinajstić information content (AvgIpc) is 2.56. The van der Waals surface area contributed by atoms with Gasteiger partial charge in [0.1, 0.15) is 0 Å². The van der Waals surface area contributed by atoms with E-state index in [1.807, 2.05) is 0 Å². The van der Waals surface area contributed by atoms with Crippen molar-refractivity contribution in [3.8, 4) is 0 Å². The van der Waals surface area contributed by atoms with E-state index in [-0.39, 0.29) is 29.3 Å². The van der Waals surface area contributed by atoms with Crippen molar-refractivity contribution < 1.29 is 13.2 Å². The van der Waals surface area contributed by atoms with Gasteiger partial charge in [-0.1, -0.05) is 13.0 Å². The van der Waals surface area contributed by atoms with E-state index in [0.29, 0.717) is 5.56 Å². The smallest absolute Gasteiger partial charge is 0.253 e. The van der Waals surface area contributed by atoms with Crippen LogP contribution >= 0.6 is 12.4 Å². The summed E-state index contributed by atoms with van der Waals surface area (Å²) in [4.78, 5) is 16.0. The van der Waals surface area contributed by atoms with Crippen LogP contribution in [-0.2, 0) is 10.0 Å². The zero-order valence-electron chi connectivity index (χ0n) is 15.1. The van der Waals surface area contributed by atoms with Gasteiger partial charge in [-0.3, -0.25) is 4.79 Å². The minimum atomic E-state index is -3.61. The zero-order chi connectivity index (χ0) is 17.7. The number of amides is 1. The second-order valence-electron chi connectivity index (χ2n) is 6.46. The van der Waals surface area contributed by atoms with E-state index in [4.69, 9.17) is 0 Å².